The fourth-order valence-corrected chi connectivity index (χ4v) is 2.50. The summed E-state index contributed by atoms with van der Waals surface area (Å²) < 4.78 is 2.07. The van der Waals surface area contributed by atoms with Gasteiger partial charge in [-0.25, -0.2) is 15.0 Å². The van der Waals surface area contributed by atoms with Gasteiger partial charge in [0.1, 0.15) is 11.3 Å². The molecule has 2 aromatic rings. The zero-order valence-corrected chi connectivity index (χ0v) is 11.7. The van der Waals surface area contributed by atoms with Gasteiger partial charge in [0, 0.05) is 12.0 Å². The Hall–Kier alpha value is -1.49. The first-order valence-corrected chi connectivity index (χ1v) is 6.85. The molecule has 0 aliphatic heterocycles. The third-order valence-corrected chi connectivity index (χ3v) is 3.95. The Morgan fingerprint density at radius 2 is 2.11 bits per heavy atom. The maximum Gasteiger partial charge on any atom is 0.163 e. The van der Waals surface area contributed by atoms with Gasteiger partial charge >= 0.3 is 0 Å². The molecular formula is C14H20N4O. The quantitative estimate of drug-likeness (QED) is 0.913. The lowest BCUT2D eigenvalue weighted by Crippen LogP contribution is -2.15. The van der Waals surface area contributed by atoms with E-state index in [2.05, 4.69) is 33.4 Å². The van der Waals surface area contributed by atoms with Gasteiger partial charge in [0.05, 0.1) is 18.6 Å². The molecule has 2 heterocycles. The minimum Gasteiger partial charge on any atom is -0.396 e. The number of nitrogens with zero attached hydrogens (tertiary/aromatic N) is 4. The summed E-state index contributed by atoms with van der Waals surface area (Å²) in [6.07, 6.45) is 4.01. The zero-order valence-electron chi connectivity index (χ0n) is 11.7. The number of aliphatic hydroxyl groups is 1. The molecule has 0 radical (unpaired) electrons. The lowest BCUT2D eigenvalue weighted by Gasteiger charge is -2.13. The first kappa shape index (κ1) is 12.5. The molecule has 1 N–H and O–H groups in total. The standard InChI is InChI=1S/C14H20N4O/c1-9(2)11-12-13(17-10(3)16-11)18(8-15-12)6-14(7-19)4-5-14/h8-9,19H,4-7H2,1-3H3. The number of fused-ring (bicyclic) bond motifs is 1. The highest BCUT2D eigenvalue weighted by Gasteiger charge is 2.42. The van der Waals surface area contributed by atoms with Gasteiger partial charge in [-0.05, 0) is 25.7 Å². The Morgan fingerprint density at radius 3 is 2.68 bits per heavy atom. The maximum atomic E-state index is 9.46. The number of hydrogen-bond donors (Lipinski definition) is 1. The van der Waals surface area contributed by atoms with Gasteiger partial charge in [-0.15, -0.1) is 0 Å². The van der Waals surface area contributed by atoms with E-state index >= 15 is 0 Å². The van der Waals surface area contributed by atoms with Crippen LogP contribution in [-0.4, -0.2) is 31.2 Å². The molecule has 5 heteroatoms. The number of hydrogen-bond acceptors (Lipinski definition) is 4. The van der Waals surface area contributed by atoms with Crippen molar-refractivity contribution in [1.29, 1.82) is 0 Å². The van der Waals surface area contributed by atoms with E-state index in [1.54, 1.807) is 0 Å². The summed E-state index contributed by atoms with van der Waals surface area (Å²) in [5.41, 5.74) is 2.87. The topological polar surface area (TPSA) is 63.8 Å². The van der Waals surface area contributed by atoms with Crippen LogP contribution in [-0.2, 0) is 6.54 Å². The van der Waals surface area contributed by atoms with E-state index < -0.39 is 0 Å². The van der Waals surface area contributed by atoms with Crippen LogP contribution < -0.4 is 0 Å². The van der Waals surface area contributed by atoms with Crippen molar-refractivity contribution < 1.29 is 5.11 Å². The average Bonchev–Trinajstić information content (AvgIpc) is 3.05. The summed E-state index contributed by atoms with van der Waals surface area (Å²) >= 11 is 0. The molecule has 0 unspecified atom stereocenters. The van der Waals surface area contributed by atoms with Crippen LogP contribution in [0.5, 0.6) is 0 Å². The van der Waals surface area contributed by atoms with Gasteiger partial charge in [0.25, 0.3) is 0 Å². The van der Waals surface area contributed by atoms with E-state index in [1.165, 1.54) is 0 Å². The van der Waals surface area contributed by atoms with Crippen molar-refractivity contribution in [1.82, 2.24) is 19.5 Å². The summed E-state index contributed by atoms with van der Waals surface area (Å²) in [4.78, 5) is 13.5. The van der Waals surface area contributed by atoms with Gasteiger partial charge in [0.2, 0.25) is 0 Å². The molecule has 0 spiro atoms. The van der Waals surface area contributed by atoms with Crippen LogP contribution in [0, 0.1) is 12.3 Å². The molecule has 1 aliphatic carbocycles. The van der Waals surface area contributed by atoms with Crippen LogP contribution in [0.15, 0.2) is 6.33 Å². The van der Waals surface area contributed by atoms with E-state index in [1.807, 2.05) is 13.3 Å². The maximum absolute atomic E-state index is 9.46. The Kier molecular flexibility index (Phi) is 2.82. The number of aliphatic hydroxyl groups excluding tert-OH is 1. The lowest BCUT2D eigenvalue weighted by molar-refractivity contribution is 0.195. The molecule has 1 aliphatic rings. The normalized spacial score (nSPS) is 17.3. The Bertz CT molecular complexity index is 613. The van der Waals surface area contributed by atoms with Crippen molar-refractivity contribution >= 4 is 11.2 Å². The summed E-state index contributed by atoms with van der Waals surface area (Å²) in [7, 11) is 0. The minimum atomic E-state index is 0.0600. The molecule has 5 nitrogen and oxygen atoms in total. The molecule has 0 bridgehead atoms. The van der Waals surface area contributed by atoms with E-state index in [0.29, 0.717) is 5.92 Å². The second-order valence-corrected chi connectivity index (χ2v) is 6.01. The molecule has 0 aromatic carbocycles. The van der Waals surface area contributed by atoms with Crippen LogP contribution in [0.2, 0.25) is 0 Å². The smallest absolute Gasteiger partial charge is 0.163 e. The average molecular weight is 260 g/mol. The minimum absolute atomic E-state index is 0.0600. The predicted molar refractivity (Wildman–Crippen MR) is 72.9 cm³/mol. The monoisotopic (exact) mass is 260 g/mol. The first-order valence-electron chi connectivity index (χ1n) is 6.85. The highest BCUT2D eigenvalue weighted by molar-refractivity contribution is 5.74. The van der Waals surface area contributed by atoms with Gasteiger partial charge in [-0.3, -0.25) is 0 Å². The Morgan fingerprint density at radius 1 is 1.37 bits per heavy atom. The summed E-state index contributed by atoms with van der Waals surface area (Å²) in [6, 6.07) is 0. The third kappa shape index (κ3) is 2.12. The second-order valence-electron chi connectivity index (χ2n) is 6.01. The second kappa shape index (κ2) is 4.27. The number of aryl methyl sites for hydroxylation is 1. The summed E-state index contributed by atoms with van der Waals surface area (Å²) in [5.74, 6) is 1.12. The van der Waals surface area contributed by atoms with Crippen molar-refractivity contribution in [2.75, 3.05) is 6.61 Å². The highest BCUT2D eigenvalue weighted by Crippen LogP contribution is 2.46. The first-order chi connectivity index (χ1) is 9.04. The van der Waals surface area contributed by atoms with E-state index in [4.69, 9.17) is 0 Å². The predicted octanol–water partition coefficient (Wildman–Crippen LogP) is 2.03. The van der Waals surface area contributed by atoms with Crippen LogP contribution in [0.25, 0.3) is 11.2 Å². The molecule has 0 amide bonds. The zero-order chi connectivity index (χ0) is 13.6. The summed E-state index contributed by atoms with van der Waals surface area (Å²) in [6.45, 7) is 7.20. The van der Waals surface area contributed by atoms with E-state index in [0.717, 1.165) is 42.1 Å². The Balaban J connectivity index is 2.07. The molecular weight excluding hydrogens is 240 g/mol. The molecule has 0 saturated heterocycles. The van der Waals surface area contributed by atoms with Crippen LogP contribution in [0.3, 0.4) is 0 Å². The van der Waals surface area contributed by atoms with Gasteiger partial charge in [-0.2, -0.15) is 0 Å². The van der Waals surface area contributed by atoms with E-state index in [9.17, 15) is 5.11 Å². The fourth-order valence-electron chi connectivity index (χ4n) is 2.50. The molecule has 19 heavy (non-hydrogen) atoms. The van der Waals surface area contributed by atoms with Crippen molar-refractivity contribution in [3.8, 4) is 0 Å². The van der Waals surface area contributed by atoms with Gasteiger partial charge < -0.3 is 9.67 Å². The number of imidazole rings is 1. The van der Waals surface area contributed by atoms with Crippen molar-refractivity contribution in [2.45, 2.75) is 46.1 Å². The number of rotatable bonds is 4. The molecule has 1 saturated carbocycles. The summed E-state index contributed by atoms with van der Waals surface area (Å²) in [5, 5.41) is 9.46. The van der Waals surface area contributed by atoms with Crippen LogP contribution in [0.4, 0.5) is 0 Å². The molecule has 0 atom stereocenters. The molecule has 3 rings (SSSR count). The Labute approximate surface area is 112 Å². The van der Waals surface area contributed by atoms with Gasteiger partial charge in [-0.1, -0.05) is 13.8 Å². The van der Waals surface area contributed by atoms with E-state index in [-0.39, 0.29) is 12.0 Å². The van der Waals surface area contributed by atoms with Crippen molar-refractivity contribution in [3.63, 3.8) is 0 Å². The molecule has 1 fully saturated rings. The number of aromatic nitrogens is 4. The SMILES string of the molecule is Cc1nc(C(C)C)c2ncn(CC3(CO)CC3)c2n1. The highest BCUT2D eigenvalue weighted by atomic mass is 16.3. The third-order valence-electron chi connectivity index (χ3n) is 3.95. The van der Waals surface area contributed by atoms with Crippen molar-refractivity contribution in [2.24, 2.45) is 5.41 Å². The lowest BCUT2D eigenvalue weighted by atomic mass is 10.1. The molecule has 2 aromatic heterocycles. The largest absolute Gasteiger partial charge is 0.396 e. The van der Waals surface area contributed by atoms with Crippen LogP contribution in [0.1, 0.15) is 44.1 Å². The fraction of sp³-hybridized carbons (Fsp3) is 0.643. The van der Waals surface area contributed by atoms with Gasteiger partial charge in [0.15, 0.2) is 5.65 Å². The van der Waals surface area contributed by atoms with Crippen LogP contribution >= 0.6 is 0 Å². The van der Waals surface area contributed by atoms with Crippen molar-refractivity contribution in [3.05, 3.63) is 17.8 Å². The molecule has 102 valence electrons.